The summed E-state index contributed by atoms with van der Waals surface area (Å²) in [6.07, 6.45) is -0.137. The smallest absolute Gasteiger partial charge is 0.253 e. The van der Waals surface area contributed by atoms with Crippen LogP contribution in [0.25, 0.3) is 0 Å². The molecule has 9 heteroatoms. The van der Waals surface area contributed by atoms with E-state index >= 15 is 0 Å². The number of alkyl halides is 2. The first-order chi connectivity index (χ1) is 17.3. The van der Waals surface area contributed by atoms with Crippen molar-refractivity contribution in [2.24, 2.45) is 0 Å². The molecule has 1 aromatic heterocycles. The summed E-state index contributed by atoms with van der Waals surface area (Å²) in [7, 11) is 0. The van der Waals surface area contributed by atoms with E-state index in [1.165, 1.54) is 0 Å². The molecule has 7 nitrogen and oxygen atoms in total. The van der Waals surface area contributed by atoms with Crippen LogP contribution in [0.5, 0.6) is 5.75 Å². The van der Waals surface area contributed by atoms with Crippen LogP contribution in [-0.4, -0.2) is 71.5 Å². The number of hydrogen-bond donors (Lipinski definition) is 0. The Morgan fingerprint density at radius 1 is 1.24 bits per heavy atom. The molecule has 0 aliphatic carbocycles. The Bertz CT molecular complexity index is 1090. The zero-order chi connectivity index (χ0) is 27.0. The van der Waals surface area contributed by atoms with Crippen LogP contribution < -0.4 is 4.74 Å². The molecule has 37 heavy (non-hydrogen) atoms. The van der Waals surface area contributed by atoms with Crippen LogP contribution in [0.2, 0.25) is 0 Å². The molecule has 3 heterocycles. The minimum atomic E-state index is -2.45. The molecule has 2 aliphatic heterocycles. The van der Waals surface area contributed by atoms with Crippen molar-refractivity contribution in [3.8, 4) is 5.75 Å². The number of nitrogens with zero attached hydrogens (tertiary/aromatic N) is 3. The molecule has 0 N–H and O–H groups in total. The summed E-state index contributed by atoms with van der Waals surface area (Å²) in [5.74, 6) is 1.87. The van der Waals surface area contributed by atoms with Gasteiger partial charge in [0.15, 0.2) is 0 Å². The van der Waals surface area contributed by atoms with E-state index in [-0.39, 0.29) is 24.0 Å². The molecule has 0 saturated carbocycles. The van der Waals surface area contributed by atoms with Crippen molar-refractivity contribution in [2.45, 2.75) is 84.0 Å². The SMILES string of the molecule is Cc1cc(C(=O)N2CCC3(CC2)CN(CC(F)F)CC(c2ncc(C(C)(C)C)o2)O3)ccc1OC(C)C. The predicted molar refractivity (Wildman–Crippen MR) is 136 cm³/mol. The number of likely N-dealkylation sites (tertiary alicyclic amines) is 1. The Labute approximate surface area is 218 Å². The van der Waals surface area contributed by atoms with Crippen LogP contribution in [0, 0.1) is 6.92 Å². The zero-order valence-corrected chi connectivity index (χ0v) is 22.7. The summed E-state index contributed by atoms with van der Waals surface area (Å²) in [6, 6.07) is 5.49. The van der Waals surface area contributed by atoms with Gasteiger partial charge >= 0.3 is 0 Å². The first-order valence-electron chi connectivity index (χ1n) is 13.1. The predicted octanol–water partition coefficient (Wildman–Crippen LogP) is 5.38. The summed E-state index contributed by atoms with van der Waals surface area (Å²) in [4.78, 5) is 21.3. The number of halogens is 2. The summed E-state index contributed by atoms with van der Waals surface area (Å²) in [5.41, 5.74) is 0.662. The summed E-state index contributed by atoms with van der Waals surface area (Å²) < 4.78 is 45.1. The average molecular weight is 520 g/mol. The van der Waals surface area contributed by atoms with E-state index in [1.807, 2.05) is 58.6 Å². The summed E-state index contributed by atoms with van der Waals surface area (Å²) in [5, 5.41) is 0. The normalized spacial score (nSPS) is 20.7. The Hall–Kier alpha value is -2.52. The van der Waals surface area contributed by atoms with Gasteiger partial charge < -0.3 is 18.8 Å². The van der Waals surface area contributed by atoms with Gasteiger partial charge in [-0.2, -0.15) is 0 Å². The second-order valence-electron chi connectivity index (χ2n) is 11.6. The van der Waals surface area contributed by atoms with Crippen LogP contribution in [0.1, 0.15) is 81.1 Å². The van der Waals surface area contributed by atoms with Crippen LogP contribution in [0.3, 0.4) is 0 Å². The number of oxazole rings is 1. The van der Waals surface area contributed by atoms with Crippen LogP contribution in [0.4, 0.5) is 8.78 Å². The Morgan fingerprint density at radius 3 is 2.51 bits per heavy atom. The lowest BCUT2D eigenvalue weighted by molar-refractivity contribution is -0.186. The number of hydrogen-bond acceptors (Lipinski definition) is 6. The summed E-state index contributed by atoms with van der Waals surface area (Å²) >= 11 is 0. The molecule has 2 saturated heterocycles. The van der Waals surface area contributed by atoms with Gasteiger partial charge in [0, 0.05) is 37.2 Å². The quantitative estimate of drug-likeness (QED) is 0.511. The van der Waals surface area contributed by atoms with Gasteiger partial charge in [-0.1, -0.05) is 20.8 Å². The lowest BCUT2D eigenvalue weighted by Crippen LogP contribution is -2.58. The maximum Gasteiger partial charge on any atom is 0.253 e. The number of rotatable bonds is 6. The number of benzene rings is 1. The highest BCUT2D eigenvalue weighted by atomic mass is 19.3. The fraction of sp³-hybridized carbons (Fsp3) is 0.643. The molecule has 2 aromatic rings. The van der Waals surface area contributed by atoms with Crippen molar-refractivity contribution >= 4 is 5.91 Å². The lowest BCUT2D eigenvalue weighted by Gasteiger charge is -2.49. The van der Waals surface area contributed by atoms with E-state index in [0.717, 1.165) is 17.1 Å². The van der Waals surface area contributed by atoms with Crippen molar-refractivity contribution < 1.29 is 27.5 Å². The molecule has 1 amide bonds. The third-order valence-electron chi connectivity index (χ3n) is 7.01. The van der Waals surface area contributed by atoms with E-state index < -0.39 is 18.1 Å². The van der Waals surface area contributed by atoms with Gasteiger partial charge in [-0.15, -0.1) is 0 Å². The minimum Gasteiger partial charge on any atom is -0.491 e. The van der Waals surface area contributed by atoms with Gasteiger partial charge in [0.2, 0.25) is 5.89 Å². The number of morpholine rings is 1. The fourth-order valence-electron chi connectivity index (χ4n) is 5.07. The van der Waals surface area contributed by atoms with Gasteiger partial charge in [-0.25, -0.2) is 13.8 Å². The third kappa shape index (κ3) is 6.49. The third-order valence-corrected chi connectivity index (χ3v) is 7.01. The zero-order valence-electron chi connectivity index (χ0n) is 22.7. The average Bonchev–Trinajstić information content (AvgIpc) is 3.31. The Morgan fingerprint density at radius 2 is 1.95 bits per heavy atom. The largest absolute Gasteiger partial charge is 0.491 e. The molecule has 1 spiro atoms. The van der Waals surface area contributed by atoms with Gasteiger partial charge in [-0.3, -0.25) is 9.69 Å². The molecule has 1 atom stereocenters. The highest BCUT2D eigenvalue weighted by Crippen LogP contribution is 2.39. The second kappa shape index (κ2) is 10.7. The van der Waals surface area contributed by atoms with Crippen LogP contribution >= 0.6 is 0 Å². The van der Waals surface area contributed by atoms with Gasteiger partial charge in [0.1, 0.15) is 17.6 Å². The maximum atomic E-state index is 13.4. The van der Waals surface area contributed by atoms with Crippen molar-refractivity contribution in [1.29, 1.82) is 0 Å². The van der Waals surface area contributed by atoms with E-state index in [4.69, 9.17) is 13.9 Å². The first kappa shape index (κ1) is 27.5. The molecule has 1 aromatic carbocycles. The standard InChI is InChI=1S/C28H39F2N3O4/c1-18(2)35-21-8-7-20(13-19(21)3)26(34)33-11-9-28(10-12-33)17-32(16-24(29)30)15-22(37-28)25-31-14-23(36-25)27(4,5)6/h7-8,13-14,18,22,24H,9-12,15-17H2,1-6H3. The van der Waals surface area contributed by atoms with E-state index in [0.29, 0.717) is 50.5 Å². The van der Waals surface area contributed by atoms with E-state index in [2.05, 4.69) is 4.98 Å². The van der Waals surface area contributed by atoms with Crippen molar-refractivity contribution in [3.05, 3.63) is 47.2 Å². The molecule has 4 rings (SSSR count). The van der Waals surface area contributed by atoms with Crippen LogP contribution in [0.15, 0.2) is 28.8 Å². The number of aromatic nitrogens is 1. The molecule has 0 radical (unpaired) electrons. The highest BCUT2D eigenvalue weighted by Gasteiger charge is 2.46. The fourth-order valence-corrected chi connectivity index (χ4v) is 5.07. The monoisotopic (exact) mass is 519 g/mol. The summed E-state index contributed by atoms with van der Waals surface area (Å²) in [6.45, 7) is 13.3. The number of piperidine rings is 1. The molecule has 204 valence electrons. The Kier molecular flexibility index (Phi) is 7.95. The van der Waals surface area contributed by atoms with Crippen molar-refractivity contribution in [1.82, 2.24) is 14.8 Å². The number of carbonyl (C=O) groups is 1. The van der Waals surface area contributed by atoms with Crippen LogP contribution in [-0.2, 0) is 10.2 Å². The number of ether oxygens (including phenoxy) is 2. The molecule has 2 aliphatic rings. The molecule has 0 bridgehead atoms. The Balaban J connectivity index is 1.47. The minimum absolute atomic E-state index is 0.0478. The second-order valence-corrected chi connectivity index (χ2v) is 11.6. The lowest BCUT2D eigenvalue weighted by atomic mass is 9.88. The topological polar surface area (TPSA) is 68.0 Å². The number of carbonyl (C=O) groups excluding carboxylic acids is 1. The van der Waals surface area contributed by atoms with Gasteiger partial charge in [0.25, 0.3) is 12.3 Å². The molecular weight excluding hydrogens is 480 g/mol. The molecule has 2 fully saturated rings. The van der Waals surface area contributed by atoms with Crippen molar-refractivity contribution in [2.75, 3.05) is 32.7 Å². The number of aryl methyl sites for hydroxylation is 1. The van der Waals surface area contributed by atoms with Crippen molar-refractivity contribution in [3.63, 3.8) is 0 Å². The first-order valence-corrected chi connectivity index (χ1v) is 13.1. The molecular formula is C28H39F2N3O4. The van der Waals surface area contributed by atoms with E-state index in [9.17, 15) is 13.6 Å². The van der Waals surface area contributed by atoms with Gasteiger partial charge in [-0.05, 0) is 57.4 Å². The highest BCUT2D eigenvalue weighted by molar-refractivity contribution is 5.94. The van der Waals surface area contributed by atoms with Gasteiger partial charge in [0.05, 0.1) is 24.4 Å². The number of amides is 1. The molecule has 1 unspecified atom stereocenters. The maximum absolute atomic E-state index is 13.4. The van der Waals surface area contributed by atoms with E-state index in [1.54, 1.807) is 17.2 Å².